The van der Waals surface area contributed by atoms with Gasteiger partial charge in [0.15, 0.2) is 0 Å². The number of carbonyl (C=O) groups is 1. The highest BCUT2D eigenvalue weighted by atomic mass is 19.4. The lowest BCUT2D eigenvalue weighted by Crippen LogP contribution is -2.41. The summed E-state index contributed by atoms with van der Waals surface area (Å²) in [6, 6.07) is -0.838. The monoisotopic (exact) mass is 183 g/mol. The van der Waals surface area contributed by atoms with Crippen LogP contribution in [0.25, 0.3) is 0 Å². The maximum atomic E-state index is 11.8. The van der Waals surface area contributed by atoms with Crippen LogP contribution in [-0.2, 0) is 0 Å². The van der Waals surface area contributed by atoms with E-state index in [1.807, 2.05) is 0 Å². The number of alkyl halides is 3. The Morgan fingerprint density at radius 3 is 2.25 bits per heavy atom. The summed E-state index contributed by atoms with van der Waals surface area (Å²) in [5.41, 5.74) is 0. The number of amides is 2. The van der Waals surface area contributed by atoms with Crippen molar-refractivity contribution >= 4 is 6.03 Å². The van der Waals surface area contributed by atoms with Crippen molar-refractivity contribution in [2.45, 2.75) is 13.1 Å². The van der Waals surface area contributed by atoms with E-state index in [1.165, 1.54) is 14.0 Å². The summed E-state index contributed by atoms with van der Waals surface area (Å²) in [6.45, 7) is 0.240. The first-order valence-corrected chi connectivity index (χ1v) is 3.36. The van der Waals surface area contributed by atoms with Crippen molar-refractivity contribution in [3.05, 3.63) is 0 Å². The van der Waals surface area contributed by atoms with Crippen LogP contribution < -0.4 is 5.32 Å². The van der Waals surface area contributed by atoms with E-state index in [1.54, 1.807) is 0 Å². The number of rotatable bonds is 2. The van der Waals surface area contributed by atoms with Gasteiger partial charge >= 0.3 is 12.2 Å². The van der Waals surface area contributed by atoms with Crippen molar-refractivity contribution in [2.24, 2.45) is 0 Å². The second-order valence-electron chi connectivity index (χ2n) is 2.14. The zero-order chi connectivity index (χ0) is 9.78. The van der Waals surface area contributed by atoms with Crippen molar-refractivity contribution in [3.63, 3.8) is 0 Å². The molecule has 2 amide bonds. The van der Waals surface area contributed by atoms with Gasteiger partial charge in [0.25, 0.3) is 0 Å². The van der Waals surface area contributed by atoms with Crippen LogP contribution in [0, 0.1) is 0 Å². The van der Waals surface area contributed by atoms with Gasteiger partial charge in [-0.05, 0) is 6.92 Å². The summed E-state index contributed by atoms with van der Waals surface area (Å²) in [4.78, 5) is 11.3. The number of carbonyl (C=O) groups excluding carboxylic acids is 1. The van der Waals surface area contributed by atoms with Gasteiger partial charge in [0.2, 0.25) is 0 Å². The average Bonchev–Trinajstić information content (AvgIpc) is 1.97. The third-order valence-electron chi connectivity index (χ3n) is 1.21. The molecule has 0 heterocycles. The summed E-state index contributed by atoms with van der Waals surface area (Å²) in [7, 11) is 1.17. The van der Waals surface area contributed by atoms with Crippen LogP contribution in [0.3, 0.4) is 0 Å². The van der Waals surface area contributed by atoms with Crippen LogP contribution in [0.1, 0.15) is 6.92 Å². The number of halogens is 3. The predicted octanol–water partition coefficient (Wildman–Crippen LogP) is 1.22. The fourth-order valence-electron chi connectivity index (χ4n) is 0.673. The molecule has 12 heavy (non-hydrogen) atoms. The van der Waals surface area contributed by atoms with Gasteiger partial charge in [0.05, 0.1) is 0 Å². The van der Waals surface area contributed by atoms with Crippen molar-refractivity contribution < 1.29 is 18.0 Å². The second kappa shape index (κ2) is 4.18. The number of urea groups is 1. The molecule has 0 saturated carbocycles. The topological polar surface area (TPSA) is 34.4 Å². The van der Waals surface area contributed by atoms with E-state index in [0.29, 0.717) is 4.90 Å². The molecule has 1 radical (unpaired) electrons. The van der Waals surface area contributed by atoms with Gasteiger partial charge in [-0.15, -0.1) is 0 Å². The van der Waals surface area contributed by atoms with Crippen molar-refractivity contribution in [3.8, 4) is 0 Å². The van der Waals surface area contributed by atoms with Crippen LogP contribution in [0.15, 0.2) is 0 Å². The summed E-state index contributed by atoms with van der Waals surface area (Å²) in [5.74, 6) is 0. The third-order valence-corrected chi connectivity index (χ3v) is 1.21. The molecule has 3 nitrogen and oxygen atoms in total. The van der Waals surface area contributed by atoms with E-state index in [4.69, 9.17) is 0 Å². The molecule has 0 aromatic rings. The molecular weight excluding hydrogens is 173 g/mol. The summed E-state index contributed by atoms with van der Waals surface area (Å²) >= 11 is 0. The van der Waals surface area contributed by atoms with Gasteiger partial charge in [-0.2, -0.15) is 13.2 Å². The van der Waals surface area contributed by atoms with Gasteiger partial charge in [-0.3, -0.25) is 0 Å². The molecule has 0 unspecified atom stereocenters. The predicted molar refractivity (Wildman–Crippen MR) is 36.8 cm³/mol. The lowest BCUT2D eigenvalue weighted by atomic mass is 10.5. The Hall–Kier alpha value is -0.940. The first-order chi connectivity index (χ1) is 5.40. The first kappa shape index (κ1) is 11.1. The molecule has 0 aliphatic heterocycles. The average molecular weight is 183 g/mol. The Bertz CT molecular complexity index is 157. The normalized spacial score (nSPS) is 11.1. The summed E-state index contributed by atoms with van der Waals surface area (Å²) < 4.78 is 35.3. The minimum absolute atomic E-state index is 0.00961. The maximum absolute atomic E-state index is 11.8. The molecule has 6 heteroatoms. The molecule has 0 aromatic heterocycles. The van der Waals surface area contributed by atoms with E-state index in [2.05, 4.69) is 5.32 Å². The number of hydrogen-bond acceptors (Lipinski definition) is 1. The van der Waals surface area contributed by atoms with Gasteiger partial charge in [-0.1, -0.05) is 0 Å². The Labute approximate surface area is 68.5 Å². The Morgan fingerprint density at radius 2 is 2.00 bits per heavy atom. The number of hydrogen-bond donors (Lipinski definition) is 0. The van der Waals surface area contributed by atoms with Crippen LogP contribution in [-0.4, -0.2) is 37.2 Å². The summed E-state index contributed by atoms with van der Waals surface area (Å²) in [5, 5.41) is 3.13. The van der Waals surface area contributed by atoms with E-state index < -0.39 is 18.8 Å². The third kappa shape index (κ3) is 4.05. The largest absolute Gasteiger partial charge is 0.406 e. The minimum Gasteiger partial charge on any atom is -0.314 e. The van der Waals surface area contributed by atoms with Crippen LogP contribution in [0.4, 0.5) is 18.0 Å². The Kier molecular flexibility index (Phi) is 3.85. The highest BCUT2D eigenvalue weighted by Crippen LogP contribution is 2.16. The fraction of sp³-hybridized carbons (Fsp3) is 0.833. The summed E-state index contributed by atoms with van der Waals surface area (Å²) in [6.07, 6.45) is -4.35. The number of nitrogens with zero attached hydrogens (tertiary/aromatic N) is 2. The molecular formula is C6H10F3N2O. The fourth-order valence-corrected chi connectivity index (χ4v) is 0.673. The zero-order valence-corrected chi connectivity index (χ0v) is 6.85. The van der Waals surface area contributed by atoms with Gasteiger partial charge < -0.3 is 4.90 Å². The van der Waals surface area contributed by atoms with E-state index in [9.17, 15) is 18.0 Å². The van der Waals surface area contributed by atoms with Gasteiger partial charge in [-0.25, -0.2) is 10.1 Å². The Morgan fingerprint density at radius 1 is 1.50 bits per heavy atom. The van der Waals surface area contributed by atoms with E-state index in [-0.39, 0.29) is 6.54 Å². The SMILES string of the molecule is CCN(CC(F)(F)F)C(=O)[N]C. The molecule has 0 saturated heterocycles. The van der Waals surface area contributed by atoms with Crippen molar-refractivity contribution in [2.75, 3.05) is 20.1 Å². The molecule has 0 rings (SSSR count). The first-order valence-electron chi connectivity index (χ1n) is 3.36. The molecule has 0 bridgehead atoms. The smallest absolute Gasteiger partial charge is 0.314 e. The lowest BCUT2D eigenvalue weighted by molar-refractivity contribution is -0.139. The van der Waals surface area contributed by atoms with Crippen molar-refractivity contribution in [1.82, 2.24) is 10.2 Å². The highest BCUT2D eigenvalue weighted by Gasteiger charge is 2.32. The quantitative estimate of drug-likeness (QED) is 0.633. The molecule has 0 atom stereocenters. The van der Waals surface area contributed by atoms with E-state index in [0.717, 1.165) is 0 Å². The molecule has 0 fully saturated rings. The zero-order valence-electron chi connectivity index (χ0n) is 6.85. The highest BCUT2D eigenvalue weighted by molar-refractivity contribution is 5.73. The van der Waals surface area contributed by atoms with Gasteiger partial charge in [0, 0.05) is 13.6 Å². The van der Waals surface area contributed by atoms with Crippen LogP contribution >= 0.6 is 0 Å². The lowest BCUT2D eigenvalue weighted by Gasteiger charge is -2.20. The van der Waals surface area contributed by atoms with Crippen LogP contribution in [0.2, 0.25) is 0 Å². The maximum Gasteiger partial charge on any atom is 0.406 e. The van der Waals surface area contributed by atoms with E-state index >= 15 is 0 Å². The van der Waals surface area contributed by atoms with Crippen molar-refractivity contribution in [1.29, 1.82) is 0 Å². The molecule has 0 aliphatic rings. The minimum atomic E-state index is -4.35. The molecule has 0 N–H and O–H groups in total. The standard InChI is InChI=1S/C6H10F3N2O/c1-3-11(5(12)10-2)4-6(7,8)9/h3-4H2,1-2H3. The van der Waals surface area contributed by atoms with Gasteiger partial charge in [0.1, 0.15) is 6.54 Å². The van der Waals surface area contributed by atoms with Crippen LogP contribution in [0.5, 0.6) is 0 Å². The Balaban J connectivity index is 4.09. The molecule has 0 aliphatic carbocycles. The second-order valence-corrected chi connectivity index (χ2v) is 2.14. The molecule has 0 spiro atoms. The molecule has 0 aromatic carbocycles. The molecule has 71 valence electrons.